The lowest BCUT2D eigenvalue weighted by atomic mass is 10.1. The first-order valence-corrected chi connectivity index (χ1v) is 9.93. The van der Waals surface area contributed by atoms with Crippen LogP contribution in [0.4, 0.5) is 5.69 Å². The molecular weight excluding hydrogens is 420 g/mol. The maximum Gasteiger partial charge on any atom is 0.270 e. The Labute approximate surface area is 183 Å². The minimum absolute atomic E-state index is 0.00536. The van der Waals surface area contributed by atoms with E-state index >= 15 is 0 Å². The van der Waals surface area contributed by atoms with E-state index in [9.17, 15) is 9.59 Å². The summed E-state index contributed by atoms with van der Waals surface area (Å²) in [5.41, 5.74) is 2.92. The summed E-state index contributed by atoms with van der Waals surface area (Å²) in [6.07, 6.45) is 3.29. The van der Waals surface area contributed by atoms with Crippen LogP contribution in [0.1, 0.15) is 17.0 Å². The number of carbonyl (C=O) groups excluding carboxylic acids is 2. The monoisotopic (exact) mass is 436 g/mol. The molecule has 1 aliphatic rings. The number of rotatable bonds is 3. The van der Waals surface area contributed by atoms with Crippen molar-refractivity contribution >= 4 is 52.5 Å². The van der Waals surface area contributed by atoms with E-state index in [2.05, 4.69) is 10.3 Å². The van der Waals surface area contributed by atoms with E-state index in [0.717, 1.165) is 22.8 Å². The third-order valence-electron chi connectivity index (χ3n) is 4.84. The third-order valence-corrected chi connectivity index (χ3v) is 5.45. The Balaban J connectivity index is 1.78. The van der Waals surface area contributed by atoms with Gasteiger partial charge in [0.1, 0.15) is 11.4 Å². The van der Waals surface area contributed by atoms with Crippen molar-refractivity contribution in [3.8, 4) is 5.82 Å². The average molecular weight is 437 g/mol. The molecule has 0 radical (unpaired) electrons. The highest BCUT2D eigenvalue weighted by molar-refractivity contribution is 7.80. The smallest absolute Gasteiger partial charge is 0.270 e. The van der Waals surface area contributed by atoms with Gasteiger partial charge < -0.3 is 4.57 Å². The zero-order valence-electron chi connectivity index (χ0n) is 16.2. The summed E-state index contributed by atoms with van der Waals surface area (Å²) in [7, 11) is 0. The number of aryl methyl sites for hydroxylation is 1. The Kier molecular flexibility index (Phi) is 5.24. The van der Waals surface area contributed by atoms with Gasteiger partial charge in [-0.3, -0.25) is 19.8 Å². The number of nitrogens with one attached hydrogen (secondary N) is 1. The lowest BCUT2D eigenvalue weighted by molar-refractivity contribution is -0.122. The van der Waals surface area contributed by atoms with Crippen LogP contribution in [-0.4, -0.2) is 26.5 Å². The largest absolute Gasteiger partial charge is 0.303 e. The van der Waals surface area contributed by atoms with Gasteiger partial charge in [0.2, 0.25) is 0 Å². The number of hydrogen-bond acceptors (Lipinski definition) is 4. The lowest BCUT2D eigenvalue weighted by Gasteiger charge is -2.29. The predicted octanol–water partition coefficient (Wildman–Crippen LogP) is 3.97. The lowest BCUT2D eigenvalue weighted by Crippen LogP contribution is -2.54. The molecule has 2 amide bonds. The van der Waals surface area contributed by atoms with Crippen molar-refractivity contribution < 1.29 is 9.59 Å². The van der Waals surface area contributed by atoms with Crippen molar-refractivity contribution in [2.75, 3.05) is 4.90 Å². The first-order chi connectivity index (χ1) is 14.4. The van der Waals surface area contributed by atoms with Crippen molar-refractivity contribution in [3.05, 3.63) is 82.3 Å². The SMILES string of the molecule is Cc1cc(/C=C2\C(=O)NC(=S)N(c3ccccc3Cl)C2=O)c(C)n1-c1ccccn1. The molecule has 3 aromatic rings. The summed E-state index contributed by atoms with van der Waals surface area (Å²) in [4.78, 5) is 31.4. The highest BCUT2D eigenvalue weighted by Crippen LogP contribution is 2.29. The average Bonchev–Trinajstić information content (AvgIpc) is 3.00. The second kappa shape index (κ2) is 7.85. The number of thiocarbonyl (C=S) groups is 1. The van der Waals surface area contributed by atoms with Gasteiger partial charge >= 0.3 is 0 Å². The Morgan fingerprint density at radius 2 is 1.83 bits per heavy atom. The fourth-order valence-corrected chi connectivity index (χ4v) is 3.93. The van der Waals surface area contributed by atoms with Crippen molar-refractivity contribution in [2.45, 2.75) is 13.8 Å². The second-order valence-corrected chi connectivity index (χ2v) is 7.55. The number of halogens is 1. The predicted molar refractivity (Wildman–Crippen MR) is 121 cm³/mol. The van der Waals surface area contributed by atoms with Gasteiger partial charge in [0, 0.05) is 17.6 Å². The quantitative estimate of drug-likeness (QED) is 0.383. The molecule has 1 aliphatic heterocycles. The zero-order valence-corrected chi connectivity index (χ0v) is 17.8. The molecule has 2 aromatic heterocycles. The van der Waals surface area contributed by atoms with Gasteiger partial charge in [-0.25, -0.2) is 4.98 Å². The van der Waals surface area contributed by atoms with E-state index in [0.29, 0.717) is 10.7 Å². The molecular formula is C22H17ClN4O2S. The Bertz CT molecular complexity index is 1220. The summed E-state index contributed by atoms with van der Waals surface area (Å²) in [6.45, 7) is 3.85. The molecule has 4 rings (SSSR count). The van der Waals surface area contributed by atoms with E-state index in [4.69, 9.17) is 23.8 Å². The number of benzene rings is 1. The van der Waals surface area contributed by atoms with Crippen LogP contribution in [0.25, 0.3) is 11.9 Å². The number of carbonyl (C=O) groups is 2. The molecule has 150 valence electrons. The minimum Gasteiger partial charge on any atom is -0.303 e. The Morgan fingerprint density at radius 1 is 1.10 bits per heavy atom. The maximum absolute atomic E-state index is 13.2. The van der Waals surface area contributed by atoms with Crippen LogP contribution in [-0.2, 0) is 9.59 Å². The molecule has 0 aliphatic carbocycles. The van der Waals surface area contributed by atoms with Crippen LogP contribution in [0.2, 0.25) is 5.02 Å². The summed E-state index contributed by atoms with van der Waals surface area (Å²) >= 11 is 11.5. The van der Waals surface area contributed by atoms with E-state index < -0.39 is 11.8 Å². The van der Waals surface area contributed by atoms with Crippen LogP contribution in [0.3, 0.4) is 0 Å². The van der Waals surface area contributed by atoms with Crippen LogP contribution in [0.15, 0.2) is 60.3 Å². The molecule has 0 atom stereocenters. The number of pyridine rings is 1. The highest BCUT2D eigenvalue weighted by Gasteiger charge is 2.35. The molecule has 0 saturated carbocycles. The van der Waals surface area contributed by atoms with E-state index in [-0.39, 0.29) is 10.7 Å². The van der Waals surface area contributed by atoms with Gasteiger partial charge in [0.25, 0.3) is 11.8 Å². The van der Waals surface area contributed by atoms with Crippen molar-refractivity contribution in [1.29, 1.82) is 0 Å². The molecule has 1 saturated heterocycles. The number of nitrogens with zero attached hydrogens (tertiary/aromatic N) is 3. The fraction of sp³-hybridized carbons (Fsp3) is 0.0909. The zero-order chi connectivity index (χ0) is 21.4. The number of amides is 2. The van der Waals surface area contributed by atoms with Gasteiger partial charge in [-0.15, -0.1) is 0 Å². The third kappa shape index (κ3) is 3.42. The number of aromatic nitrogens is 2. The van der Waals surface area contributed by atoms with E-state index in [1.54, 1.807) is 36.5 Å². The van der Waals surface area contributed by atoms with Crippen molar-refractivity contribution in [3.63, 3.8) is 0 Å². The molecule has 30 heavy (non-hydrogen) atoms. The molecule has 0 unspecified atom stereocenters. The molecule has 0 bridgehead atoms. The van der Waals surface area contributed by atoms with Gasteiger partial charge in [0.05, 0.1) is 10.7 Å². The molecule has 1 N–H and O–H groups in total. The molecule has 3 heterocycles. The van der Waals surface area contributed by atoms with Crippen molar-refractivity contribution in [2.24, 2.45) is 0 Å². The molecule has 1 fully saturated rings. The maximum atomic E-state index is 13.2. The normalized spacial score (nSPS) is 15.6. The summed E-state index contributed by atoms with van der Waals surface area (Å²) in [5.74, 6) is -0.314. The number of hydrogen-bond donors (Lipinski definition) is 1. The first kappa shape index (κ1) is 20.0. The van der Waals surface area contributed by atoms with Gasteiger partial charge in [0.15, 0.2) is 5.11 Å². The van der Waals surface area contributed by atoms with Crippen LogP contribution >= 0.6 is 23.8 Å². The van der Waals surface area contributed by atoms with Crippen LogP contribution < -0.4 is 10.2 Å². The second-order valence-electron chi connectivity index (χ2n) is 6.76. The Morgan fingerprint density at radius 3 is 2.53 bits per heavy atom. The first-order valence-electron chi connectivity index (χ1n) is 9.15. The topological polar surface area (TPSA) is 67.2 Å². The van der Waals surface area contributed by atoms with Crippen molar-refractivity contribution in [1.82, 2.24) is 14.9 Å². The fourth-order valence-electron chi connectivity index (χ4n) is 3.44. The van der Waals surface area contributed by atoms with Gasteiger partial charge in [-0.05, 0) is 68.0 Å². The minimum atomic E-state index is -0.545. The number of para-hydroxylation sites is 1. The molecule has 1 aromatic carbocycles. The summed E-state index contributed by atoms with van der Waals surface area (Å²) in [6, 6.07) is 14.4. The van der Waals surface area contributed by atoms with Gasteiger partial charge in [-0.2, -0.15) is 0 Å². The van der Waals surface area contributed by atoms with Crippen LogP contribution in [0, 0.1) is 13.8 Å². The molecule has 6 nitrogen and oxygen atoms in total. The Hall–Kier alpha value is -3.29. The van der Waals surface area contributed by atoms with Crippen LogP contribution in [0.5, 0.6) is 0 Å². The van der Waals surface area contributed by atoms with Gasteiger partial charge in [-0.1, -0.05) is 29.8 Å². The molecule has 8 heteroatoms. The highest BCUT2D eigenvalue weighted by atomic mass is 35.5. The molecule has 0 spiro atoms. The summed E-state index contributed by atoms with van der Waals surface area (Å²) in [5, 5.41) is 2.93. The van der Waals surface area contributed by atoms with E-state index in [1.165, 1.54) is 4.90 Å². The van der Waals surface area contributed by atoms with E-state index in [1.807, 2.05) is 42.7 Å². The standard InChI is InChI=1S/C22H17ClN4O2S/c1-13-11-15(14(2)26(13)19-9-5-6-10-24-19)12-16-20(28)25-22(30)27(21(16)29)18-8-4-3-7-17(18)23/h3-12H,1-2H3,(H,25,28,30)/b16-12+. The number of anilines is 1. The summed E-state index contributed by atoms with van der Waals surface area (Å²) < 4.78 is 1.97.